The van der Waals surface area contributed by atoms with Gasteiger partial charge in [0.25, 0.3) is 0 Å². The minimum atomic E-state index is -3.63. The van der Waals surface area contributed by atoms with E-state index in [1.165, 1.54) is 22.0 Å². The third-order valence-corrected chi connectivity index (χ3v) is 7.45. The molecule has 2 aromatic rings. The lowest BCUT2D eigenvalue weighted by Gasteiger charge is -2.31. The van der Waals surface area contributed by atoms with Crippen molar-refractivity contribution in [3.63, 3.8) is 0 Å². The predicted molar refractivity (Wildman–Crippen MR) is 115 cm³/mol. The lowest BCUT2D eigenvalue weighted by Crippen LogP contribution is -2.45. The van der Waals surface area contributed by atoms with Crippen LogP contribution in [0.3, 0.4) is 0 Å². The van der Waals surface area contributed by atoms with Gasteiger partial charge in [-0.2, -0.15) is 4.31 Å². The first-order valence-corrected chi connectivity index (χ1v) is 11.7. The molecule has 3 rings (SSSR count). The van der Waals surface area contributed by atoms with Gasteiger partial charge in [-0.15, -0.1) is 0 Å². The number of hydrogen-bond acceptors (Lipinski definition) is 3. The maximum absolute atomic E-state index is 12.9. The summed E-state index contributed by atoms with van der Waals surface area (Å²) in [6, 6.07) is 14.3. The summed E-state index contributed by atoms with van der Waals surface area (Å²) in [5, 5.41) is 3.45. The Hall–Kier alpha value is -1.89. The van der Waals surface area contributed by atoms with E-state index in [2.05, 4.69) is 31.3 Å². The number of halogens is 1. The number of carbonyl (C=O) groups is 1. The van der Waals surface area contributed by atoms with Crippen molar-refractivity contribution in [2.24, 2.45) is 5.92 Å². The van der Waals surface area contributed by atoms with Crippen LogP contribution in [0, 0.1) is 5.92 Å². The minimum absolute atomic E-state index is 0.103. The molecular formula is C22H27ClN2O3S. The first-order chi connectivity index (χ1) is 13.8. The summed E-state index contributed by atoms with van der Waals surface area (Å²) in [5.41, 5.74) is 2.29. The average Bonchev–Trinajstić information content (AvgIpc) is 2.72. The Bertz CT molecular complexity index is 941. The number of nitrogens with one attached hydrogen (secondary N) is 1. The molecule has 7 heteroatoms. The molecular weight excluding hydrogens is 408 g/mol. The molecule has 1 aliphatic heterocycles. The van der Waals surface area contributed by atoms with Crippen LogP contribution in [0.1, 0.15) is 43.7 Å². The number of hydrogen-bond donors (Lipinski definition) is 1. The van der Waals surface area contributed by atoms with Crippen LogP contribution >= 0.6 is 11.6 Å². The summed E-state index contributed by atoms with van der Waals surface area (Å²) >= 11 is 5.86. The van der Waals surface area contributed by atoms with Crippen LogP contribution in [0.15, 0.2) is 53.4 Å². The Morgan fingerprint density at radius 2 is 1.79 bits per heavy atom. The van der Waals surface area contributed by atoms with Crippen molar-refractivity contribution in [3.8, 4) is 0 Å². The fraction of sp³-hybridized carbons (Fsp3) is 0.409. The summed E-state index contributed by atoms with van der Waals surface area (Å²) in [6.45, 7) is 5.35. The second kappa shape index (κ2) is 9.28. The zero-order valence-corrected chi connectivity index (χ0v) is 18.3. The molecule has 29 heavy (non-hydrogen) atoms. The molecule has 0 spiro atoms. The fourth-order valence-electron chi connectivity index (χ4n) is 3.48. The molecule has 0 bridgehead atoms. The Morgan fingerprint density at radius 3 is 2.41 bits per heavy atom. The molecule has 0 aliphatic carbocycles. The number of piperidine rings is 1. The molecule has 1 fully saturated rings. The Labute approximate surface area is 178 Å². The molecule has 0 aromatic heterocycles. The molecule has 0 saturated carbocycles. The third kappa shape index (κ3) is 5.38. The maximum Gasteiger partial charge on any atom is 0.243 e. The molecule has 1 amide bonds. The Morgan fingerprint density at radius 1 is 1.14 bits per heavy atom. The van der Waals surface area contributed by atoms with Crippen LogP contribution in [0.2, 0.25) is 5.02 Å². The van der Waals surface area contributed by atoms with Crippen molar-refractivity contribution in [1.29, 1.82) is 0 Å². The molecule has 1 atom stereocenters. The predicted octanol–water partition coefficient (Wildman–Crippen LogP) is 4.18. The number of benzene rings is 2. The highest BCUT2D eigenvalue weighted by Gasteiger charge is 2.33. The number of amides is 1. The molecule has 5 nitrogen and oxygen atoms in total. The number of sulfonamides is 1. The van der Waals surface area contributed by atoms with Crippen molar-refractivity contribution < 1.29 is 13.2 Å². The highest BCUT2D eigenvalue weighted by Crippen LogP contribution is 2.25. The van der Waals surface area contributed by atoms with Crippen LogP contribution in [-0.2, 0) is 21.4 Å². The molecule has 1 aliphatic rings. The van der Waals surface area contributed by atoms with E-state index in [-0.39, 0.29) is 23.3 Å². The van der Waals surface area contributed by atoms with Gasteiger partial charge >= 0.3 is 0 Å². The van der Waals surface area contributed by atoms with Crippen molar-refractivity contribution >= 4 is 27.5 Å². The van der Waals surface area contributed by atoms with Gasteiger partial charge in [-0.1, -0.05) is 49.7 Å². The summed E-state index contributed by atoms with van der Waals surface area (Å²) in [4.78, 5) is 12.9. The van der Waals surface area contributed by atoms with Crippen molar-refractivity contribution in [1.82, 2.24) is 9.62 Å². The molecule has 2 aromatic carbocycles. The Balaban J connectivity index is 1.61. The van der Waals surface area contributed by atoms with Gasteiger partial charge in [0.2, 0.25) is 15.9 Å². The lowest BCUT2D eigenvalue weighted by molar-refractivity contribution is -0.126. The van der Waals surface area contributed by atoms with Gasteiger partial charge in [0.15, 0.2) is 0 Å². The SMILES string of the molecule is CC(C)c1ccc(CNC(=O)C2CCCN(S(=O)(=O)c3ccc(Cl)cc3)C2)cc1. The van der Waals surface area contributed by atoms with Crippen LogP contribution in [0.25, 0.3) is 0 Å². The smallest absolute Gasteiger partial charge is 0.243 e. The average molecular weight is 435 g/mol. The normalized spacial score (nSPS) is 18.0. The molecule has 1 unspecified atom stereocenters. The molecule has 1 N–H and O–H groups in total. The first-order valence-electron chi connectivity index (χ1n) is 9.89. The highest BCUT2D eigenvalue weighted by molar-refractivity contribution is 7.89. The number of nitrogens with zero attached hydrogens (tertiary/aromatic N) is 1. The zero-order valence-electron chi connectivity index (χ0n) is 16.8. The van der Waals surface area contributed by atoms with E-state index in [0.29, 0.717) is 36.9 Å². The summed E-state index contributed by atoms with van der Waals surface area (Å²) in [6.07, 6.45) is 1.35. The monoisotopic (exact) mass is 434 g/mol. The fourth-order valence-corrected chi connectivity index (χ4v) is 5.13. The van der Waals surface area contributed by atoms with Gasteiger partial charge in [0.05, 0.1) is 10.8 Å². The van der Waals surface area contributed by atoms with E-state index in [1.54, 1.807) is 12.1 Å². The highest BCUT2D eigenvalue weighted by atomic mass is 35.5. The first kappa shape index (κ1) is 21.8. The van der Waals surface area contributed by atoms with E-state index in [9.17, 15) is 13.2 Å². The maximum atomic E-state index is 12.9. The topological polar surface area (TPSA) is 66.5 Å². The Kier molecular flexibility index (Phi) is 6.98. The molecule has 1 saturated heterocycles. The van der Waals surface area contributed by atoms with Gasteiger partial charge in [-0.05, 0) is 54.2 Å². The van der Waals surface area contributed by atoms with Crippen molar-refractivity contribution in [2.45, 2.75) is 44.0 Å². The molecule has 156 valence electrons. The second-order valence-electron chi connectivity index (χ2n) is 7.77. The van der Waals surface area contributed by atoms with Gasteiger partial charge in [-0.3, -0.25) is 4.79 Å². The van der Waals surface area contributed by atoms with E-state index >= 15 is 0 Å². The zero-order chi connectivity index (χ0) is 21.0. The number of rotatable bonds is 6. The standard InChI is InChI=1S/C22H27ClN2O3S/c1-16(2)18-7-5-17(6-8-18)14-24-22(26)19-4-3-13-25(15-19)29(27,28)21-11-9-20(23)10-12-21/h5-12,16,19H,3-4,13-15H2,1-2H3,(H,24,26). The molecule has 0 radical (unpaired) electrons. The van der Waals surface area contributed by atoms with Crippen LogP contribution < -0.4 is 5.32 Å². The molecule has 1 heterocycles. The van der Waals surface area contributed by atoms with Gasteiger partial charge in [0.1, 0.15) is 0 Å². The van der Waals surface area contributed by atoms with Gasteiger partial charge < -0.3 is 5.32 Å². The quantitative estimate of drug-likeness (QED) is 0.741. The van der Waals surface area contributed by atoms with Crippen molar-refractivity contribution in [3.05, 3.63) is 64.7 Å². The van der Waals surface area contributed by atoms with E-state index < -0.39 is 10.0 Å². The van der Waals surface area contributed by atoms with E-state index in [1.807, 2.05) is 12.1 Å². The largest absolute Gasteiger partial charge is 0.352 e. The minimum Gasteiger partial charge on any atom is -0.352 e. The second-order valence-corrected chi connectivity index (χ2v) is 10.1. The van der Waals surface area contributed by atoms with E-state index in [0.717, 1.165) is 5.56 Å². The van der Waals surface area contributed by atoms with Gasteiger partial charge in [-0.25, -0.2) is 8.42 Å². The third-order valence-electron chi connectivity index (χ3n) is 5.32. The summed E-state index contributed by atoms with van der Waals surface area (Å²) < 4.78 is 27.2. The summed E-state index contributed by atoms with van der Waals surface area (Å²) in [5.74, 6) is 0.0177. The lowest BCUT2D eigenvalue weighted by atomic mass is 9.98. The summed E-state index contributed by atoms with van der Waals surface area (Å²) in [7, 11) is -3.63. The van der Waals surface area contributed by atoms with Crippen LogP contribution in [-0.4, -0.2) is 31.7 Å². The van der Waals surface area contributed by atoms with Gasteiger partial charge in [0, 0.05) is 24.7 Å². The van der Waals surface area contributed by atoms with Crippen LogP contribution in [0.5, 0.6) is 0 Å². The van der Waals surface area contributed by atoms with Crippen LogP contribution in [0.4, 0.5) is 0 Å². The number of carbonyl (C=O) groups excluding carboxylic acids is 1. The van der Waals surface area contributed by atoms with E-state index in [4.69, 9.17) is 11.6 Å². The van der Waals surface area contributed by atoms with Crippen molar-refractivity contribution in [2.75, 3.05) is 13.1 Å².